The largest absolute Gasteiger partial charge is 0.349 e. The highest BCUT2D eigenvalue weighted by atomic mass is 32.2. The maximum absolute atomic E-state index is 13.7. The number of hydrogen-bond donors (Lipinski definition) is 2. The van der Waals surface area contributed by atoms with E-state index in [-0.39, 0.29) is 22.5 Å². The summed E-state index contributed by atoms with van der Waals surface area (Å²) in [6.45, 7) is 5.53. The van der Waals surface area contributed by atoms with Crippen LogP contribution in [0.5, 0.6) is 0 Å². The number of aryl methyl sites for hydroxylation is 1. The van der Waals surface area contributed by atoms with Crippen LogP contribution in [-0.2, 0) is 10.0 Å². The molecule has 2 aromatic rings. The molecule has 0 aliphatic rings. The Morgan fingerprint density at radius 2 is 1.81 bits per heavy atom. The van der Waals surface area contributed by atoms with Crippen LogP contribution in [0.15, 0.2) is 47.4 Å². The molecule has 0 fully saturated rings. The topological polar surface area (TPSA) is 75.3 Å². The summed E-state index contributed by atoms with van der Waals surface area (Å²) < 4.78 is 40.9. The first-order valence-electron chi connectivity index (χ1n) is 8.46. The SMILES string of the molecule is CCC(CC)NC(=O)c1cccc(NS(=O)(=O)c2ccc(C)c(F)c2)c1. The van der Waals surface area contributed by atoms with Crippen LogP contribution in [-0.4, -0.2) is 20.4 Å². The van der Waals surface area contributed by atoms with Crippen molar-refractivity contribution in [3.05, 3.63) is 59.4 Å². The van der Waals surface area contributed by atoms with E-state index in [0.717, 1.165) is 18.9 Å². The minimum Gasteiger partial charge on any atom is -0.349 e. The van der Waals surface area contributed by atoms with Crippen molar-refractivity contribution in [2.75, 3.05) is 4.72 Å². The molecule has 5 nitrogen and oxygen atoms in total. The summed E-state index contributed by atoms with van der Waals surface area (Å²) in [6.07, 6.45) is 1.63. The Labute approximate surface area is 153 Å². The number of rotatable bonds is 7. The molecule has 0 heterocycles. The van der Waals surface area contributed by atoms with Crippen molar-refractivity contribution in [2.24, 2.45) is 0 Å². The Hall–Kier alpha value is -2.41. The summed E-state index contributed by atoms with van der Waals surface area (Å²) in [5, 5.41) is 2.90. The summed E-state index contributed by atoms with van der Waals surface area (Å²) in [5.74, 6) is -0.854. The molecule has 2 rings (SSSR count). The van der Waals surface area contributed by atoms with Crippen LogP contribution in [0.4, 0.5) is 10.1 Å². The van der Waals surface area contributed by atoms with E-state index in [4.69, 9.17) is 0 Å². The number of hydrogen-bond acceptors (Lipinski definition) is 3. The van der Waals surface area contributed by atoms with E-state index in [1.165, 1.54) is 24.3 Å². The molecule has 26 heavy (non-hydrogen) atoms. The third kappa shape index (κ3) is 4.82. The molecule has 0 aliphatic carbocycles. The van der Waals surface area contributed by atoms with Crippen molar-refractivity contribution >= 4 is 21.6 Å². The van der Waals surface area contributed by atoms with Crippen molar-refractivity contribution < 1.29 is 17.6 Å². The highest BCUT2D eigenvalue weighted by Crippen LogP contribution is 2.19. The first-order valence-corrected chi connectivity index (χ1v) is 9.95. The van der Waals surface area contributed by atoms with E-state index >= 15 is 0 Å². The first kappa shape index (κ1) is 19.9. The predicted octanol–water partition coefficient (Wildman–Crippen LogP) is 3.85. The highest BCUT2D eigenvalue weighted by molar-refractivity contribution is 7.92. The molecular weight excluding hydrogens is 355 g/mol. The van der Waals surface area contributed by atoms with Crippen molar-refractivity contribution in [2.45, 2.75) is 44.6 Å². The molecule has 2 aromatic carbocycles. The van der Waals surface area contributed by atoms with Crippen molar-refractivity contribution in [3.8, 4) is 0 Å². The lowest BCUT2D eigenvalue weighted by Crippen LogP contribution is -2.33. The fourth-order valence-electron chi connectivity index (χ4n) is 2.44. The monoisotopic (exact) mass is 378 g/mol. The second kappa shape index (κ2) is 8.31. The first-order chi connectivity index (χ1) is 12.3. The number of anilines is 1. The average molecular weight is 378 g/mol. The predicted molar refractivity (Wildman–Crippen MR) is 100 cm³/mol. The number of nitrogens with one attached hydrogen (secondary N) is 2. The van der Waals surface area contributed by atoms with Crippen molar-refractivity contribution in [1.82, 2.24) is 5.32 Å². The number of carbonyl (C=O) groups is 1. The van der Waals surface area contributed by atoms with Crippen LogP contribution in [0.25, 0.3) is 0 Å². The van der Waals surface area contributed by atoms with E-state index in [0.29, 0.717) is 11.1 Å². The van der Waals surface area contributed by atoms with Gasteiger partial charge in [0, 0.05) is 17.3 Å². The van der Waals surface area contributed by atoms with Crippen LogP contribution >= 0.6 is 0 Å². The van der Waals surface area contributed by atoms with Gasteiger partial charge in [-0.1, -0.05) is 26.0 Å². The molecule has 0 bridgehead atoms. The molecule has 0 unspecified atom stereocenters. The summed E-state index contributed by atoms with van der Waals surface area (Å²) in [7, 11) is -3.95. The van der Waals surface area contributed by atoms with Gasteiger partial charge in [0.05, 0.1) is 4.90 Å². The molecule has 0 saturated carbocycles. The maximum Gasteiger partial charge on any atom is 0.261 e. The Morgan fingerprint density at radius 3 is 2.42 bits per heavy atom. The lowest BCUT2D eigenvalue weighted by molar-refractivity contribution is 0.0935. The molecule has 2 N–H and O–H groups in total. The fourth-order valence-corrected chi connectivity index (χ4v) is 3.50. The fraction of sp³-hybridized carbons (Fsp3) is 0.316. The molecule has 0 atom stereocenters. The van der Waals surface area contributed by atoms with Gasteiger partial charge in [0.15, 0.2) is 0 Å². The van der Waals surface area contributed by atoms with Gasteiger partial charge < -0.3 is 5.32 Å². The molecule has 140 valence electrons. The van der Waals surface area contributed by atoms with Crippen LogP contribution in [0.2, 0.25) is 0 Å². The molecule has 7 heteroatoms. The van der Waals surface area contributed by atoms with Crippen molar-refractivity contribution in [3.63, 3.8) is 0 Å². The Morgan fingerprint density at radius 1 is 1.12 bits per heavy atom. The molecule has 0 radical (unpaired) electrons. The van der Waals surface area contributed by atoms with Crippen LogP contribution in [0.1, 0.15) is 42.6 Å². The van der Waals surface area contributed by atoms with Crippen LogP contribution in [0.3, 0.4) is 0 Å². The highest BCUT2D eigenvalue weighted by Gasteiger charge is 2.17. The van der Waals surface area contributed by atoms with E-state index in [2.05, 4.69) is 10.0 Å². The smallest absolute Gasteiger partial charge is 0.261 e. The minimum atomic E-state index is -3.95. The van der Waals surface area contributed by atoms with Gasteiger partial charge in [0.2, 0.25) is 0 Å². The van der Waals surface area contributed by atoms with Gasteiger partial charge in [-0.15, -0.1) is 0 Å². The van der Waals surface area contributed by atoms with Gasteiger partial charge in [-0.2, -0.15) is 0 Å². The Balaban J connectivity index is 2.22. The van der Waals surface area contributed by atoms with Gasteiger partial charge in [0.25, 0.3) is 15.9 Å². The number of sulfonamides is 1. The molecule has 0 aliphatic heterocycles. The zero-order valence-electron chi connectivity index (χ0n) is 15.0. The molecule has 0 spiro atoms. The second-order valence-corrected chi connectivity index (χ2v) is 7.77. The number of amides is 1. The van der Waals surface area contributed by atoms with Gasteiger partial charge in [-0.05, 0) is 55.7 Å². The molecule has 0 saturated heterocycles. The average Bonchev–Trinajstić information content (AvgIpc) is 2.61. The van der Waals surface area contributed by atoms with Gasteiger partial charge >= 0.3 is 0 Å². The summed E-state index contributed by atoms with van der Waals surface area (Å²) in [4.78, 5) is 12.1. The lowest BCUT2D eigenvalue weighted by Gasteiger charge is -2.15. The number of benzene rings is 2. The van der Waals surface area contributed by atoms with Gasteiger partial charge in [0.1, 0.15) is 5.82 Å². The summed E-state index contributed by atoms with van der Waals surface area (Å²) >= 11 is 0. The number of carbonyl (C=O) groups excluding carboxylic acids is 1. The number of halogens is 1. The summed E-state index contributed by atoms with van der Waals surface area (Å²) in [6, 6.07) is 9.99. The van der Waals surface area contributed by atoms with E-state index < -0.39 is 15.8 Å². The van der Waals surface area contributed by atoms with Crippen molar-refractivity contribution in [1.29, 1.82) is 0 Å². The van der Waals surface area contributed by atoms with Crippen LogP contribution < -0.4 is 10.0 Å². The lowest BCUT2D eigenvalue weighted by atomic mass is 10.1. The maximum atomic E-state index is 13.7. The molecular formula is C19H23FN2O3S. The molecule has 0 aromatic heterocycles. The third-order valence-corrected chi connectivity index (χ3v) is 5.53. The zero-order chi connectivity index (χ0) is 19.3. The Bertz CT molecular complexity index is 893. The van der Waals surface area contributed by atoms with Gasteiger partial charge in [-0.3, -0.25) is 9.52 Å². The third-order valence-electron chi connectivity index (χ3n) is 4.15. The minimum absolute atomic E-state index is 0.0679. The normalized spacial score (nSPS) is 11.4. The van der Waals surface area contributed by atoms with E-state index in [1.54, 1.807) is 19.1 Å². The second-order valence-electron chi connectivity index (χ2n) is 6.08. The summed E-state index contributed by atoms with van der Waals surface area (Å²) in [5.41, 5.74) is 0.958. The Kier molecular flexibility index (Phi) is 6.37. The molecule has 1 amide bonds. The van der Waals surface area contributed by atoms with Gasteiger partial charge in [-0.25, -0.2) is 12.8 Å². The van der Waals surface area contributed by atoms with Crippen LogP contribution in [0, 0.1) is 12.7 Å². The quantitative estimate of drug-likeness (QED) is 0.768. The zero-order valence-corrected chi connectivity index (χ0v) is 15.9. The van der Waals surface area contributed by atoms with E-state index in [9.17, 15) is 17.6 Å². The standard InChI is InChI=1S/C19H23FN2O3S/c1-4-15(5-2)21-19(23)14-7-6-8-16(11-14)22-26(24,25)17-10-9-13(3)18(20)12-17/h6-12,15,22H,4-5H2,1-3H3,(H,21,23). The van der Waals surface area contributed by atoms with E-state index in [1.807, 2.05) is 13.8 Å².